The van der Waals surface area contributed by atoms with Crippen molar-refractivity contribution in [3.8, 4) is 11.5 Å². The minimum Gasteiger partial charge on any atom is -0.504 e. The maximum absolute atomic E-state index is 9.43. The molecule has 0 bridgehead atoms. The fraction of sp³-hybridized carbons (Fsp3) is 0. The summed E-state index contributed by atoms with van der Waals surface area (Å²) in [4.78, 5) is 4.38. The number of rotatable bonds is 2. The van der Waals surface area contributed by atoms with Gasteiger partial charge >= 0.3 is 0 Å². The van der Waals surface area contributed by atoms with E-state index in [-0.39, 0.29) is 11.5 Å². The Hall–Kier alpha value is -2.81. The first kappa shape index (κ1) is 12.2. The zero-order valence-corrected chi connectivity index (χ0v) is 10.7. The van der Waals surface area contributed by atoms with E-state index < -0.39 is 0 Å². The molecule has 2 N–H and O–H groups in total. The lowest BCUT2D eigenvalue weighted by molar-refractivity contribution is 0.403. The van der Waals surface area contributed by atoms with E-state index in [1.165, 1.54) is 17.5 Å². The Morgan fingerprint density at radius 1 is 0.750 bits per heavy atom. The van der Waals surface area contributed by atoms with Crippen molar-refractivity contribution in [2.24, 2.45) is 4.99 Å². The lowest BCUT2D eigenvalue weighted by Crippen LogP contribution is -1.80. The highest BCUT2D eigenvalue weighted by molar-refractivity contribution is 5.88. The van der Waals surface area contributed by atoms with Gasteiger partial charge in [0, 0.05) is 6.21 Å². The third-order valence-electron chi connectivity index (χ3n) is 3.10. The molecule has 0 atom stereocenters. The molecule has 98 valence electrons. The van der Waals surface area contributed by atoms with Crippen molar-refractivity contribution in [1.29, 1.82) is 0 Å². The molecular weight excluding hydrogens is 250 g/mol. The van der Waals surface area contributed by atoms with E-state index in [1.807, 2.05) is 36.4 Å². The predicted molar refractivity (Wildman–Crippen MR) is 81.0 cm³/mol. The van der Waals surface area contributed by atoms with Gasteiger partial charge in [0.05, 0.1) is 5.69 Å². The Labute approximate surface area is 116 Å². The number of aliphatic imine (C=N–C) groups is 1. The molecule has 0 aliphatic rings. The van der Waals surface area contributed by atoms with Crippen LogP contribution in [0.2, 0.25) is 0 Å². The summed E-state index contributed by atoms with van der Waals surface area (Å²) >= 11 is 0. The van der Waals surface area contributed by atoms with E-state index in [0.717, 1.165) is 16.6 Å². The van der Waals surface area contributed by atoms with Crippen LogP contribution in [0.15, 0.2) is 65.7 Å². The van der Waals surface area contributed by atoms with Gasteiger partial charge in [0.15, 0.2) is 11.5 Å². The summed E-state index contributed by atoms with van der Waals surface area (Å²) in [7, 11) is 0. The van der Waals surface area contributed by atoms with E-state index in [1.54, 1.807) is 12.3 Å². The normalized spacial score (nSPS) is 11.2. The smallest absolute Gasteiger partial charge is 0.158 e. The molecule has 0 saturated heterocycles. The minimum absolute atomic E-state index is 0.132. The van der Waals surface area contributed by atoms with Gasteiger partial charge in [0.2, 0.25) is 0 Å². The molecule has 20 heavy (non-hydrogen) atoms. The molecule has 0 spiro atoms. The molecule has 3 heteroatoms. The highest BCUT2D eigenvalue weighted by Gasteiger charge is 1.98. The summed E-state index contributed by atoms with van der Waals surface area (Å²) in [5.74, 6) is -0.277. The lowest BCUT2D eigenvalue weighted by Gasteiger charge is -2.00. The second-order valence-corrected chi connectivity index (χ2v) is 4.54. The van der Waals surface area contributed by atoms with Gasteiger partial charge in [0.1, 0.15) is 0 Å². The first-order valence-corrected chi connectivity index (χ1v) is 6.27. The lowest BCUT2D eigenvalue weighted by atomic mass is 10.1. The zero-order valence-electron chi connectivity index (χ0n) is 10.7. The SMILES string of the molecule is Oc1ccc(C=Nc2ccc3ccccc3c2)cc1O. The van der Waals surface area contributed by atoms with Gasteiger partial charge in [-0.15, -0.1) is 0 Å². The minimum atomic E-state index is -0.146. The van der Waals surface area contributed by atoms with Crippen LogP contribution in [-0.2, 0) is 0 Å². The van der Waals surface area contributed by atoms with E-state index >= 15 is 0 Å². The van der Waals surface area contributed by atoms with Crippen LogP contribution in [0, 0.1) is 0 Å². The number of phenolic OH excluding ortho intramolecular Hbond substituents is 2. The summed E-state index contributed by atoms with van der Waals surface area (Å²) < 4.78 is 0. The van der Waals surface area contributed by atoms with Crippen LogP contribution in [0.25, 0.3) is 10.8 Å². The first-order chi connectivity index (χ1) is 9.72. The largest absolute Gasteiger partial charge is 0.504 e. The van der Waals surface area contributed by atoms with E-state index in [4.69, 9.17) is 0 Å². The van der Waals surface area contributed by atoms with Crippen LogP contribution >= 0.6 is 0 Å². The van der Waals surface area contributed by atoms with Crippen LogP contribution in [0.3, 0.4) is 0 Å². The molecule has 0 amide bonds. The Balaban J connectivity index is 1.91. The second kappa shape index (κ2) is 5.05. The van der Waals surface area contributed by atoms with Crippen molar-refractivity contribution >= 4 is 22.7 Å². The maximum atomic E-state index is 9.43. The van der Waals surface area contributed by atoms with Gasteiger partial charge in [-0.1, -0.05) is 30.3 Å². The average molecular weight is 263 g/mol. The van der Waals surface area contributed by atoms with Gasteiger partial charge in [-0.05, 0) is 46.7 Å². The third kappa shape index (κ3) is 2.47. The van der Waals surface area contributed by atoms with Crippen molar-refractivity contribution in [2.45, 2.75) is 0 Å². The number of fused-ring (bicyclic) bond motifs is 1. The number of hydrogen-bond acceptors (Lipinski definition) is 3. The number of benzene rings is 3. The van der Waals surface area contributed by atoms with Crippen molar-refractivity contribution in [3.05, 3.63) is 66.2 Å². The van der Waals surface area contributed by atoms with Crippen molar-refractivity contribution in [2.75, 3.05) is 0 Å². The quantitative estimate of drug-likeness (QED) is 0.542. The van der Waals surface area contributed by atoms with Gasteiger partial charge < -0.3 is 10.2 Å². The molecule has 3 rings (SSSR count). The van der Waals surface area contributed by atoms with E-state index in [0.29, 0.717) is 0 Å². The van der Waals surface area contributed by atoms with Gasteiger partial charge in [-0.25, -0.2) is 0 Å². The molecule has 3 aromatic carbocycles. The molecule has 0 unspecified atom stereocenters. The fourth-order valence-corrected chi connectivity index (χ4v) is 2.03. The summed E-state index contributed by atoms with van der Waals surface area (Å²) in [5.41, 5.74) is 1.57. The number of phenols is 2. The van der Waals surface area contributed by atoms with Crippen molar-refractivity contribution in [1.82, 2.24) is 0 Å². The highest BCUT2D eigenvalue weighted by atomic mass is 16.3. The van der Waals surface area contributed by atoms with Crippen LogP contribution in [-0.4, -0.2) is 16.4 Å². The summed E-state index contributed by atoms with van der Waals surface area (Å²) in [6.07, 6.45) is 1.66. The molecule has 3 nitrogen and oxygen atoms in total. The summed E-state index contributed by atoms with van der Waals surface area (Å²) in [5, 5.41) is 21.0. The molecule has 0 aliphatic heterocycles. The van der Waals surface area contributed by atoms with Crippen LogP contribution in [0.1, 0.15) is 5.56 Å². The molecule has 0 heterocycles. The van der Waals surface area contributed by atoms with Crippen molar-refractivity contribution in [3.63, 3.8) is 0 Å². The van der Waals surface area contributed by atoms with E-state index in [2.05, 4.69) is 11.1 Å². The second-order valence-electron chi connectivity index (χ2n) is 4.54. The van der Waals surface area contributed by atoms with Crippen molar-refractivity contribution < 1.29 is 10.2 Å². The van der Waals surface area contributed by atoms with Crippen LogP contribution in [0.5, 0.6) is 11.5 Å². The molecule has 0 saturated carbocycles. The summed E-state index contributed by atoms with van der Waals surface area (Å²) in [6.45, 7) is 0. The maximum Gasteiger partial charge on any atom is 0.158 e. The Morgan fingerprint density at radius 3 is 2.35 bits per heavy atom. The molecular formula is C17H13NO2. The van der Waals surface area contributed by atoms with E-state index in [9.17, 15) is 10.2 Å². The molecule has 0 fully saturated rings. The van der Waals surface area contributed by atoms with Crippen LogP contribution in [0.4, 0.5) is 5.69 Å². The Morgan fingerprint density at radius 2 is 1.55 bits per heavy atom. The van der Waals surface area contributed by atoms with Gasteiger partial charge in [0.25, 0.3) is 0 Å². The molecule has 0 radical (unpaired) electrons. The summed E-state index contributed by atoms with van der Waals surface area (Å²) in [6, 6.07) is 18.7. The Kier molecular flexibility index (Phi) is 3.09. The average Bonchev–Trinajstić information content (AvgIpc) is 2.48. The molecule has 0 aromatic heterocycles. The number of aromatic hydroxyl groups is 2. The van der Waals surface area contributed by atoms with Gasteiger partial charge in [-0.2, -0.15) is 0 Å². The zero-order chi connectivity index (χ0) is 13.9. The standard InChI is InChI=1S/C17H13NO2/c19-16-8-5-12(9-17(16)20)11-18-15-7-6-13-3-1-2-4-14(13)10-15/h1-11,19-20H. The van der Waals surface area contributed by atoms with Gasteiger partial charge in [-0.3, -0.25) is 4.99 Å². The monoisotopic (exact) mass is 263 g/mol. The fourth-order valence-electron chi connectivity index (χ4n) is 2.03. The first-order valence-electron chi connectivity index (χ1n) is 6.27. The predicted octanol–water partition coefficient (Wildman–Crippen LogP) is 4.00. The third-order valence-corrected chi connectivity index (χ3v) is 3.10. The molecule has 3 aromatic rings. The van der Waals surface area contributed by atoms with Crippen LogP contribution < -0.4 is 0 Å². The topological polar surface area (TPSA) is 52.8 Å². The Bertz CT molecular complexity index is 794. The number of nitrogens with zero attached hydrogens (tertiary/aromatic N) is 1. The number of hydrogen-bond donors (Lipinski definition) is 2. The molecule has 0 aliphatic carbocycles. The highest BCUT2D eigenvalue weighted by Crippen LogP contribution is 2.25.